The summed E-state index contributed by atoms with van der Waals surface area (Å²) in [5, 5.41) is 11.1. The van der Waals surface area contributed by atoms with Crippen molar-refractivity contribution in [3.8, 4) is 5.75 Å². The van der Waals surface area contributed by atoms with Crippen LogP contribution in [-0.2, 0) is 24.2 Å². The van der Waals surface area contributed by atoms with E-state index in [0.29, 0.717) is 32.7 Å². The Balaban J connectivity index is 1.35. The lowest BCUT2D eigenvalue weighted by Crippen LogP contribution is -2.49. The maximum absolute atomic E-state index is 13.0. The van der Waals surface area contributed by atoms with Crippen molar-refractivity contribution in [2.45, 2.75) is 31.7 Å². The Bertz CT molecular complexity index is 1080. The van der Waals surface area contributed by atoms with E-state index < -0.39 is 10.5 Å². The van der Waals surface area contributed by atoms with E-state index in [1.54, 1.807) is 10.6 Å². The molecule has 1 saturated heterocycles. The van der Waals surface area contributed by atoms with E-state index in [0.717, 1.165) is 35.4 Å². The van der Waals surface area contributed by atoms with Gasteiger partial charge in [-0.15, -0.1) is 0 Å². The molecule has 1 aromatic carbocycles. The summed E-state index contributed by atoms with van der Waals surface area (Å²) < 4.78 is 7.07. The zero-order valence-corrected chi connectivity index (χ0v) is 15.9. The zero-order valence-electron chi connectivity index (χ0n) is 15.9. The first-order valence-electron chi connectivity index (χ1n) is 9.90. The Hall–Kier alpha value is -3.16. The number of carbonyl (C=O) groups is 1. The third-order valence-electron chi connectivity index (χ3n) is 6.24. The summed E-state index contributed by atoms with van der Waals surface area (Å²) in [4.78, 5) is 37.8. The highest BCUT2D eigenvalue weighted by atomic mass is 16.6. The van der Waals surface area contributed by atoms with E-state index in [1.807, 2.05) is 17.0 Å². The van der Waals surface area contributed by atoms with Gasteiger partial charge in [0, 0.05) is 43.7 Å². The number of hydrogen-bond donors (Lipinski definition) is 0. The van der Waals surface area contributed by atoms with E-state index in [-0.39, 0.29) is 23.4 Å². The SMILES string of the molecule is O=C(Cc1ccc2c(c1)CCO2)N1CC2CC(C1)c1ccc([N+](=O)[O-])c(=O)n1C2. The van der Waals surface area contributed by atoms with Crippen LogP contribution in [0.1, 0.15) is 29.2 Å². The average molecular weight is 395 g/mol. The molecule has 4 heterocycles. The summed E-state index contributed by atoms with van der Waals surface area (Å²) >= 11 is 0. The first-order chi connectivity index (χ1) is 14.0. The molecule has 0 N–H and O–H groups in total. The van der Waals surface area contributed by atoms with Crippen LogP contribution in [0, 0.1) is 16.0 Å². The Labute approximate surface area is 166 Å². The Kier molecular flexibility index (Phi) is 4.15. The summed E-state index contributed by atoms with van der Waals surface area (Å²) in [6, 6.07) is 8.90. The summed E-state index contributed by atoms with van der Waals surface area (Å²) in [6.45, 7) is 2.24. The van der Waals surface area contributed by atoms with Crippen LogP contribution in [0.4, 0.5) is 5.69 Å². The van der Waals surface area contributed by atoms with Gasteiger partial charge in [-0.05, 0) is 35.6 Å². The quantitative estimate of drug-likeness (QED) is 0.584. The number of pyridine rings is 1. The molecule has 3 aliphatic rings. The van der Waals surface area contributed by atoms with Crippen molar-refractivity contribution in [3.05, 3.63) is 67.6 Å². The molecule has 0 aliphatic carbocycles. The van der Waals surface area contributed by atoms with Gasteiger partial charge in [0.15, 0.2) is 0 Å². The Morgan fingerprint density at radius 2 is 2.07 bits per heavy atom. The summed E-state index contributed by atoms with van der Waals surface area (Å²) in [5.41, 5.74) is 2.01. The number of ether oxygens (including phenoxy) is 1. The van der Waals surface area contributed by atoms with E-state index in [9.17, 15) is 19.7 Å². The third-order valence-corrected chi connectivity index (χ3v) is 6.24. The molecule has 150 valence electrons. The molecular weight excluding hydrogens is 374 g/mol. The number of rotatable bonds is 3. The van der Waals surface area contributed by atoms with Crippen molar-refractivity contribution in [2.75, 3.05) is 19.7 Å². The first-order valence-corrected chi connectivity index (χ1v) is 9.90. The molecule has 2 bridgehead atoms. The topological polar surface area (TPSA) is 94.7 Å². The van der Waals surface area contributed by atoms with Crippen molar-refractivity contribution in [1.29, 1.82) is 0 Å². The molecule has 5 rings (SSSR count). The molecule has 0 spiro atoms. The molecule has 2 aromatic rings. The monoisotopic (exact) mass is 395 g/mol. The lowest BCUT2D eigenvalue weighted by molar-refractivity contribution is -0.386. The third kappa shape index (κ3) is 3.08. The highest BCUT2D eigenvalue weighted by molar-refractivity contribution is 5.79. The summed E-state index contributed by atoms with van der Waals surface area (Å²) in [5.74, 6) is 1.16. The molecule has 1 fully saturated rings. The van der Waals surface area contributed by atoms with Crippen molar-refractivity contribution in [2.24, 2.45) is 5.92 Å². The molecule has 29 heavy (non-hydrogen) atoms. The molecule has 3 aliphatic heterocycles. The zero-order chi connectivity index (χ0) is 20.1. The molecule has 0 radical (unpaired) electrons. The molecule has 8 nitrogen and oxygen atoms in total. The Morgan fingerprint density at radius 1 is 1.21 bits per heavy atom. The van der Waals surface area contributed by atoms with Gasteiger partial charge in [0.25, 0.3) is 0 Å². The molecular formula is C21H21N3O5. The number of fused-ring (bicyclic) bond motifs is 5. The van der Waals surface area contributed by atoms with Crippen LogP contribution in [-0.4, -0.2) is 40.0 Å². The maximum atomic E-state index is 13.0. The van der Waals surface area contributed by atoms with Crippen LogP contribution in [0.15, 0.2) is 35.1 Å². The maximum Gasteiger partial charge on any atom is 0.334 e. The predicted octanol–water partition coefficient (Wildman–Crippen LogP) is 1.88. The lowest BCUT2D eigenvalue weighted by atomic mass is 9.83. The predicted molar refractivity (Wildman–Crippen MR) is 104 cm³/mol. The number of amides is 1. The molecule has 8 heteroatoms. The second-order valence-electron chi connectivity index (χ2n) is 8.13. The highest BCUT2D eigenvalue weighted by Gasteiger charge is 2.37. The van der Waals surface area contributed by atoms with E-state index >= 15 is 0 Å². The number of aromatic nitrogens is 1. The van der Waals surface area contributed by atoms with Crippen LogP contribution in [0.3, 0.4) is 0 Å². The second kappa shape index (κ2) is 6.72. The molecule has 2 unspecified atom stereocenters. The van der Waals surface area contributed by atoms with Gasteiger partial charge < -0.3 is 14.2 Å². The standard InChI is InChI=1S/C21H21N3O5/c25-20(9-13-1-4-19-15(7-13)5-6-29-19)22-10-14-8-16(12-22)17-2-3-18(24(27)28)21(26)23(17)11-14/h1-4,7,14,16H,5-6,8-12H2. The number of nitro groups is 1. The fourth-order valence-corrected chi connectivity index (χ4v) is 4.91. The summed E-state index contributed by atoms with van der Waals surface area (Å²) in [7, 11) is 0. The molecule has 1 aromatic heterocycles. The Morgan fingerprint density at radius 3 is 2.90 bits per heavy atom. The van der Waals surface area contributed by atoms with Gasteiger partial charge in [0.2, 0.25) is 5.91 Å². The van der Waals surface area contributed by atoms with E-state index in [1.165, 1.54) is 6.07 Å². The molecule has 1 amide bonds. The van der Waals surface area contributed by atoms with Gasteiger partial charge in [-0.25, -0.2) is 0 Å². The van der Waals surface area contributed by atoms with Crippen LogP contribution >= 0.6 is 0 Å². The second-order valence-corrected chi connectivity index (χ2v) is 8.13. The van der Waals surface area contributed by atoms with Crippen LogP contribution in [0.25, 0.3) is 0 Å². The number of benzene rings is 1. The van der Waals surface area contributed by atoms with Gasteiger partial charge in [-0.2, -0.15) is 0 Å². The van der Waals surface area contributed by atoms with Gasteiger partial charge >= 0.3 is 11.2 Å². The van der Waals surface area contributed by atoms with Crippen molar-refractivity contribution in [1.82, 2.24) is 9.47 Å². The lowest BCUT2D eigenvalue weighted by Gasteiger charge is -2.42. The molecule has 2 atom stereocenters. The van der Waals surface area contributed by atoms with Crippen molar-refractivity contribution < 1.29 is 14.5 Å². The fraction of sp³-hybridized carbons (Fsp3) is 0.429. The smallest absolute Gasteiger partial charge is 0.334 e. The van der Waals surface area contributed by atoms with Gasteiger partial charge in [0.05, 0.1) is 18.0 Å². The summed E-state index contributed by atoms with van der Waals surface area (Å²) in [6.07, 6.45) is 2.12. The average Bonchev–Trinajstić information content (AvgIpc) is 3.16. The minimum Gasteiger partial charge on any atom is -0.493 e. The van der Waals surface area contributed by atoms with E-state index in [2.05, 4.69) is 6.07 Å². The normalized spacial score (nSPS) is 21.9. The van der Waals surface area contributed by atoms with Gasteiger partial charge in [0.1, 0.15) is 5.75 Å². The number of hydrogen-bond acceptors (Lipinski definition) is 5. The minimum atomic E-state index is -0.627. The van der Waals surface area contributed by atoms with Crippen LogP contribution < -0.4 is 10.3 Å². The number of carbonyl (C=O) groups excluding carboxylic acids is 1. The number of likely N-dealkylation sites (tertiary alicyclic amines) is 1. The van der Waals surface area contributed by atoms with Crippen LogP contribution in [0.5, 0.6) is 5.75 Å². The largest absolute Gasteiger partial charge is 0.493 e. The van der Waals surface area contributed by atoms with E-state index in [4.69, 9.17) is 4.74 Å². The fourth-order valence-electron chi connectivity index (χ4n) is 4.91. The molecule has 0 saturated carbocycles. The highest BCUT2D eigenvalue weighted by Crippen LogP contribution is 2.36. The minimum absolute atomic E-state index is 0.0355. The number of nitrogens with zero attached hydrogens (tertiary/aromatic N) is 3. The van der Waals surface area contributed by atoms with Crippen LogP contribution in [0.2, 0.25) is 0 Å². The van der Waals surface area contributed by atoms with Gasteiger partial charge in [-0.3, -0.25) is 19.7 Å². The van der Waals surface area contributed by atoms with Crippen molar-refractivity contribution >= 4 is 11.6 Å². The number of piperidine rings is 1. The van der Waals surface area contributed by atoms with Crippen molar-refractivity contribution in [3.63, 3.8) is 0 Å². The van der Waals surface area contributed by atoms with Gasteiger partial charge in [-0.1, -0.05) is 12.1 Å². The first kappa shape index (κ1) is 17.9.